The van der Waals surface area contributed by atoms with Crippen LogP contribution in [-0.2, 0) is 12.8 Å². The molecule has 0 atom stereocenters. The summed E-state index contributed by atoms with van der Waals surface area (Å²) in [5, 5.41) is 1.48. The highest BCUT2D eigenvalue weighted by atomic mass is 35.5. The molecule has 0 aliphatic heterocycles. The van der Waals surface area contributed by atoms with E-state index in [2.05, 4.69) is 4.98 Å². The van der Waals surface area contributed by atoms with E-state index < -0.39 is 4.84 Å². The zero-order valence-corrected chi connectivity index (χ0v) is 11.7. The standard InChI is InChI=1S/C13H10Cl3NO/c14-9-4-6-2-1-3-7(6)11-8(13(15)16)5-10(18)17-12(9)11/h4-5,13H,1-3H2,(H,17,18). The van der Waals surface area contributed by atoms with Crippen molar-refractivity contribution >= 4 is 45.7 Å². The highest BCUT2D eigenvalue weighted by Gasteiger charge is 2.21. The van der Waals surface area contributed by atoms with Gasteiger partial charge in [-0.1, -0.05) is 11.6 Å². The number of fused-ring (bicyclic) bond motifs is 3. The zero-order valence-electron chi connectivity index (χ0n) is 9.40. The van der Waals surface area contributed by atoms with Crippen molar-refractivity contribution in [2.45, 2.75) is 24.1 Å². The van der Waals surface area contributed by atoms with Crippen LogP contribution in [-0.4, -0.2) is 4.98 Å². The van der Waals surface area contributed by atoms with Crippen molar-refractivity contribution in [1.29, 1.82) is 0 Å². The largest absolute Gasteiger partial charge is 0.321 e. The van der Waals surface area contributed by atoms with Crippen molar-refractivity contribution < 1.29 is 0 Å². The topological polar surface area (TPSA) is 32.9 Å². The van der Waals surface area contributed by atoms with Gasteiger partial charge in [-0.25, -0.2) is 0 Å². The first kappa shape index (κ1) is 12.3. The minimum absolute atomic E-state index is 0.233. The molecule has 1 heterocycles. The lowest BCUT2D eigenvalue weighted by Crippen LogP contribution is -2.08. The molecule has 1 aliphatic carbocycles. The minimum atomic E-state index is -0.724. The molecular weight excluding hydrogens is 293 g/mol. The van der Waals surface area contributed by atoms with Crippen LogP contribution >= 0.6 is 34.8 Å². The molecule has 1 N–H and O–H groups in total. The fourth-order valence-corrected chi connectivity index (χ4v) is 3.31. The number of aryl methyl sites for hydroxylation is 2. The number of H-pyrrole nitrogens is 1. The molecule has 2 nitrogen and oxygen atoms in total. The number of hydrogen-bond acceptors (Lipinski definition) is 1. The molecule has 94 valence electrons. The van der Waals surface area contributed by atoms with E-state index >= 15 is 0 Å². The Kier molecular flexibility index (Phi) is 3.05. The van der Waals surface area contributed by atoms with Crippen LogP contribution in [0.5, 0.6) is 0 Å². The summed E-state index contributed by atoms with van der Waals surface area (Å²) in [7, 11) is 0. The predicted octanol–water partition coefficient (Wildman–Crippen LogP) is 4.15. The Morgan fingerprint density at radius 3 is 2.72 bits per heavy atom. The number of aromatic nitrogens is 1. The number of alkyl halides is 2. The quantitative estimate of drug-likeness (QED) is 0.789. The zero-order chi connectivity index (χ0) is 12.9. The summed E-state index contributed by atoms with van der Waals surface area (Å²) in [4.78, 5) is 13.7. The number of hydrogen-bond donors (Lipinski definition) is 1. The Bertz CT molecular complexity index is 691. The Labute approximate surface area is 119 Å². The highest BCUT2D eigenvalue weighted by Crippen LogP contribution is 2.39. The third-order valence-electron chi connectivity index (χ3n) is 3.41. The lowest BCUT2D eigenvalue weighted by molar-refractivity contribution is 0.913. The molecule has 0 radical (unpaired) electrons. The number of rotatable bonds is 1. The molecule has 0 spiro atoms. The Balaban J connectivity index is 2.51. The van der Waals surface area contributed by atoms with Gasteiger partial charge >= 0.3 is 0 Å². The molecule has 0 bridgehead atoms. The third kappa shape index (κ3) is 1.83. The molecule has 0 saturated carbocycles. The average Bonchev–Trinajstić information content (AvgIpc) is 2.76. The first-order valence-electron chi connectivity index (χ1n) is 5.73. The van der Waals surface area contributed by atoms with Crippen molar-refractivity contribution in [3.05, 3.63) is 44.2 Å². The lowest BCUT2D eigenvalue weighted by Gasteiger charge is -2.12. The molecule has 0 amide bonds. The van der Waals surface area contributed by atoms with Crippen LogP contribution in [0.1, 0.15) is 27.9 Å². The summed E-state index contributed by atoms with van der Waals surface area (Å²) in [6.07, 6.45) is 3.08. The van der Waals surface area contributed by atoms with Gasteiger partial charge < -0.3 is 4.98 Å². The predicted molar refractivity (Wildman–Crippen MR) is 76.1 cm³/mol. The van der Waals surface area contributed by atoms with Crippen molar-refractivity contribution in [2.24, 2.45) is 0 Å². The smallest absolute Gasteiger partial charge is 0.248 e. The van der Waals surface area contributed by atoms with Gasteiger partial charge in [0.25, 0.3) is 0 Å². The number of benzene rings is 1. The molecule has 5 heteroatoms. The van der Waals surface area contributed by atoms with Crippen LogP contribution < -0.4 is 5.56 Å². The fourth-order valence-electron chi connectivity index (χ4n) is 2.69. The maximum atomic E-state index is 11.6. The molecule has 18 heavy (non-hydrogen) atoms. The highest BCUT2D eigenvalue weighted by molar-refractivity contribution is 6.45. The molecule has 0 saturated heterocycles. The van der Waals surface area contributed by atoms with Gasteiger partial charge in [0, 0.05) is 11.5 Å². The number of aromatic amines is 1. The number of halogens is 3. The summed E-state index contributed by atoms with van der Waals surface area (Å²) < 4.78 is 0. The fraction of sp³-hybridized carbons (Fsp3) is 0.308. The molecular formula is C13H10Cl3NO. The van der Waals surface area contributed by atoms with E-state index in [4.69, 9.17) is 34.8 Å². The van der Waals surface area contributed by atoms with Crippen molar-refractivity contribution in [1.82, 2.24) is 4.98 Å². The summed E-state index contributed by atoms with van der Waals surface area (Å²) in [6, 6.07) is 3.39. The summed E-state index contributed by atoms with van der Waals surface area (Å²) in [5.74, 6) is 0. The van der Waals surface area contributed by atoms with Crippen LogP contribution in [0.4, 0.5) is 0 Å². The summed E-state index contributed by atoms with van der Waals surface area (Å²) in [5.41, 5.74) is 3.51. The maximum absolute atomic E-state index is 11.6. The first-order chi connectivity index (χ1) is 8.58. The van der Waals surface area contributed by atoms with Gasteiger partial charge in [-0.2, -0.15) is 0 Å². The lowest BCUT2D eigenvalue weighted by atomic mass is 10.0. The first-order valence-corrected chi connectivity index (χ1v) is 6.98. The van der Waals surface area contributed by atoms with Gasteiger partial charge in [-0.05, 0) is 42.0 Å². The Hall–Kier alpha value is -0.700. The second kappa shape index (κ2) is 4.44. The summed E-state index contributed by atoms with van der Waals surface area (Å²) >= 11 is 18.2. The van der Waals surface area contributed by atoms with Crippen LogP contribution in [0.25, 0.3) is 10.9 Å². The van der Waals surface area contributed by atoms with E-state index in [0.717, 1.165) is 24.6 Å². The van der Waals surface area contributed by atoms with E-state index in [0.29, 0.717) is 16.1 Å². The normalized spacial score (nSPS) is 14.4. The summed E-state index contributed by atoms with van der Waals surface area (Å²) in [6.45, 7) is 0. The Morgan fingerprint density at radius 2 is 2.00 bits per heavy atom. The SMILES string of the molecule is O=c1cc(C(Cl)Cl)c2c3c(cc(Cl)c2[nH]1)CCC3. The number of nitrogens with one attached hydrogen (secondary N) is 1. The van der Waals surface area contributed by atoms with Crippen molar-refractivity contribution in [3.63, 3.8) is 0 Å². The maximum Gasteiger partial charge on any atom is 0.248 e. The van der Waals surface area contributed by atoms with E-state index in [-0.39, 0.29) is 5.56 Å². The molecule has 3 rings (SSSR count). The van der Waals surface area contributed by atoms with Crippen LogP contribution in [0.3, 0.4) is 0 Å². The molecule has 1 aromatic carbocycles. The molecule has 1 aromatic heterocycles. The van der Waals surface area contributed by atoms with Gasteiger partial charge in [-0.15, -0.1) is 23.2 Å². The second-order valence-electron chi connectivity index (χ2n) is 4.49. The van der Waals surface area contributed by atoms with Gasteiger partial charge in [0.05, 0.1) is 10.5 Å². The third-order valence-corrected chi connectivity index (χ3v) is 4.18. The van der Waals surface area contributed by atoms with Gasteiger partial charge in [0.2, 0.25) is 5.56 Å². The van der Waals surface area contributed by atoms with E-state index in [1.54, 1.807) is 0 Å². The van der Waals surface area contributed by atoms with Crippen molar-refractivity contribution in [3.8, 4) is 0 Å². The minimum Gasteiger partial charge on any atom is -0.321 e. The van der Waals surface area contributed by atoms with Crippen LogP contribution in [0, 0.1) is 0 Å². The van der Waals surface area contributed by atoms with Crippen molar-refractivity contribution in [2.75, 3.05) is 0 Å². The van der Waals surface area contributed by atoms with Gasteiger partial charge in [0.15, 0.2) is 0 Å². The monoisotopic (exact) mass is 301 g/mol. The molecule has 2 aromatic rings. The molecule has 0 unspecified atom stereocenters. The van der Waals surface area contributed by atoms with E-state index in [9.17, 15) is 4.79 Å². The Morgan fingerprint density at radius 1 is 1.22 bits per heavy atom. The molecule has 1 aliphatic rings. The van der Waals surface area contributed by atoms with Crippen LogP contribution in [0.2, 0.25) is 5.02 Å². The molecule has 0 fully saturated rings. The average molecular weight is 303 g/mol. The number of pyridine rings is 1. The van der Waals surface area contributed by atoms with Crippen LogP contribution in [0.15, 0.2) is 16.9 Å². The van der Waals surface area contributed by atoms with Gasteiger partial charge in [-0.3, -0.25) is 4.79 Å². The van der Waals surface area contributed by atoms with E-state index in [1.807, 2.05) is 6.07 Å². The second-order valence-corrected chi connectivity index (χ2v) is 5.99. The van der Waals surface area contributed by atoms with E-state index in [1.165, 1.54) is 17.2 Å². The van der Waals surface area contributed by atoms with Gasteiger partial charge in [0.1, 0.15) is 4.84 Å².